The molecule has 0 N–H and O–H groups in total. The number of halogens is 8. The molecule has 0 bridgehead atoms. The normalized spacial score (nSPS) is 11.1. The number of aryl methyl sites for hydroxylation is 2. The van der Waals surface area contributed by atoms with E-state index in [0.29, 0.717) is 61.1 Å². The molecular formula is C30H23BF8O2. The van der Waals surface area contributed by atoms with Crippen LogP contribution in [-0.2, 0) is 12.8 Å². The molecule has 4 aromatic carbocycles. The number of rotatable bonds is 10. The second-order valence-corrected chi connectivity index (χ2v) is 9.31. The lowest BCUT2D eigenvalue weighted by Crippen LogP contribution is -2.15. The van der Waals surface area contributed by atoms with Crippen LogP contribution >= 0.6 is 0 Å². The smallest absolute Gasteiger partial charge is 0.524 e. The van der Waals surface area contributed by atoms with Crippen LogP contribution in [0.1, 0.15) is 37.8 Å². The molecule has 0 aliphatic carbocycles. The maximum absolute atomic E-state index is 14.7. The molecule has 0 aliphatic heterocycles. The van der Waals surface area contributed by atoms with Gasteiger partial charge >= 0.3 is 7.69 Å². The van der Waals surface area contributed by atoms with Gasteiger partial charge in [0, 0.05) is 0 Å². The Labute approximate surface area is 231 Å². The fourth-order valence-corrected chi connectivity index (χ4v) is 4.50. The third kappa shape index (κ3) is 6.50. The number of hydrogen-bond acceptors (Lipinski definition) is 2. The fourth-order valence-electron chi connectivity index (χ4n) is 4.50. The van der Waals surface area contributed by atoms with Crippen molar-refractivity contribution in [1.29, 1.82) is 0 Å². The third-order valence-corrected chi connectivity index (χ3v) is 6.26. The molecule has 0 unspecified atom stereocenters. The van der Waals surface area contributed by atoms with Gasteiger partial charge in [-0.15, -0.1) is 0 Å². The molecule has 0 aliphatic rings. The lowest BCUT2D eigenvalue weighted by molar-refractivity contribution is 0.388. The Hall–Kier alpha value is -4.02. The molecular weight excluding hydrogens is 555 g/mol. The van der Waals surface area contributed by atoms with Crippen molar-refractivity contribution in [2.75, 3.05) is 0 Å². The molecule has 0 spiro atoms. The largest absolute Gasteiger partial charge is 0.576 e. The molecule has 0 amide bonds. The maximum atomic E-state index is 14.7. The van der Waals surface area contributed by atoms with Crippen molar-refractivity contribution in [1.82, 2.24) is 0 Å². The zero-order valence-electron chi connectivity index (χ0n) is 22.0. The third-order valence-electron chi connectivity index (χ3n) is 6.26. The van der Waals surface area contributed by atoms with Crippen LogP contribution in [0.15, 0.2) is 48.5 Å². The highest BCUT2D eigenvalue weighted by Gasteiger charge is 2.22. The van der Waals surface area contributed by atoms with E-state index in [1.807, 2.05) is 13.8 Å². The van der Waals surface area contributed by atoms with E-state index in [-0.39, 0.29) is 0 Å². The highest BCUT2D eigenvalue weighted by Crippen LogP contribution is 2.35. The van der Waals surface area contributed by atoms with Crippen molar-refractivity contribution in [3.05, 3.63) is 106 Å². The molecule has 0 fully saturated rings. The zero-order valence-corrected chi connectivity index (χ0v) is 22.0. The van der Waals surface area contributed by atoms with Crippen molar-refractivity contribution >= 4 is 7.69 Å². The Morgan fingerprint density at radius 1 is 0.463 bits per heavy atom. The minimum Gasteiger partial charge on any atom is -0.524 e. The van der Waals surface area contributed by atoms with Gasteiger partial charge in [0.05, 0.1) is 11.1 Å². The van der Waals surface area contributed by atoms with E-state index in [4.69, 9.17) is 9.31 Å². The van der Waals surface area contributed by atoms with Gasteiger partial charge in [-0.3, -0.25) is 0 Å². The summed E-state index contributed by atoms with van der Waals surface area (Å²) in [7, 11) is -1.08. The average Bonchev–Trinajstić information content (AvgIpc) is 2.86. The van der Waals surface area contributed by atoms with Gasteiger partial charge in [-0.05, 0) is 83.6 Å². The minimum absolute atomic E-state index is 0.386. The van der Waals surface area contributed by atoms with Crippen molar-refractivity contribution in [2.24, 2.45) is 0 Å². The molecule has 0 radical (unpaired) electrons. The van der Waals surface area contributed by atoms with Gasteiger partial charge in [0.1, 0.15) is 23.3 Å². The van der Waals surface area contributed by atoms with Gasteiger partial charge < -0.3 is 9.31 Å². The quantitative estimate of drug-likeness (QED) is 0.138. The standard InChI is InChI=1S/C30H23BF8O2/c1-3-5-15-7-19(32)27(20(33)8-15)17-11-23(36)29(24(37)12-17)40-31-41-30-25(38)13-18(14-26(30)39)28-21(34)9-16(6-4-2)10-22(28)35/h7-14,31H,3-6H2,1-2H3. The fraction of sp³-hybridized carbons (Fsp3) is 0.200. The molecule has 0 atom stereocenters. The van der Waals surface area contributed by atoms with Crippen LogP contribution < -0.4 is 9.31 Å². The molecule has 2 nitrogen and oxygen atoms in total. The molecule has 0 heterocycles. The number of benzene rings is 4. The predicted molar refractivity (Wildman–Crippen MR) is 140 cm³/mol. The highest BCUT2D eigenvalue weighted by atomic mass is 19.2. The summed E-state index contributed by atoms with van der Waals surface area (Å²) in [5.74, 6) is -11.5. The number of hydrogen-bond donors (Lipinski definition) is 0. The lowest BCUT2D eigenvalue weighted by Gasteiger charge is -2.14. The summed E-state index contributed by atoms with van der Waals surface area (Å²) in [5.41, 5.74) is -1.36. The summed E-state index contributed by atoms with van der Waals surface area (Å²) < 4.78 is 126. The van der Waals surface area contributed by atoms with E-state index in [0.717, 1.165) is 24.3 Å². The first-order chi connectivity index (χ1) is 19.5. The van der Waals surface area contributed by atoms with Gasteiger partial charge in [-0.25, -0.2) is 35.1 Å². The van der Waals surface area contributed by atoms with Crippen molar-refractivity contribution in [2.45, 2.75) is 39.5 Å². The van der Waals surface area contributed by atoms with Gasteiger partial charge in [0.25, 0.3) is 0 Å². The van der Waals surface area contributed by atoms with Gasteiger partial charge in [-0.2, -0.15) is 0 Å². The molecule has 0 saturated carbocycles. The van der Waals surface area contributed by atoms with Crippen LogP contribution in [0, 0.1) is 46.5 Å². The first kappa shape index (κ1) is 30.0. The van der Waals surface area contributed by atoms with Crippen LogP contribution in [0.2, 0.25) is 0 Å². The van der Waals surface area contributed by atoms with E-state index >= 15 is 0 Å². The van der Waals surface area contributed by atoms with Gasteiger partial charge in [-0.1, -0.05) is 26.7 Å². The Balaban J connectivity index is 1.52. The highest BCUT2D eigenvalue weighted by molar-refractivity contribution is 6.20. The first-order valence-electron chi connectivity index (χ1n) is 12.7. The van der Waals surface area contributed by atoms with Crippen molar-refractivity contribution < 1.29 is 44.4 Å². The molecule has 214 valence electrons. The van der Waals surface area contributed by atoms with E-state index < -0.39 is 88.0 Å². The minimum atomic E-state index is -1.35. The molecule has 11 heteroatoms. The summed E-state index contributed by atoms with van der Waals surface area (Å²) in [6, 6.07) is 6.88. The van der Waals surface area contributed by atoms with E-state index in [2.05, 4.69) is 0 Å². The zero-order chi connectivity index (χ0) is 29.8. The summed E-state index contributed by atoms with van der Waals surface area (Å²) in [6.45, 7) is 3.65. The van der Waals surface area contributed by atoms with Gasteiger partial charge in [0.15, 0.2) is 34.8 Å². The second-order valence-electron chi connectivity index (χ2n) is 9.31. The SMILES string of the molecule is CCCc1cc(F)c(-c2cc(F)c(OBOc3c(F)cc(-c4c(F)cc(CCC)cc4F)cc3F)c(F)c2)c(F)c1. The van der Waals surface area contributed by atoms with Crippen LogP contribution in [-0.4, -0.2) is 7.69 Å². The van der Waals surface area contributed by atoms with Crippen LogP contribution in [0.25, 0.3) is 22.3 Å². The van der Waals surface area contributed by atoms with Crippen LogP contribution in [0.4, 0.5) is 35.1 Å². The second kappa shape index (κ2) is 12.7. The molecule has 41 heavy (non-hydrogen) atoms. The predicted octanol–water partition coefficient (Wildman–Crippen LogP) is 8.76. The monoisotopic (exact) mass is 578 g/mol. The first-order valence-corrected chi connectivity index (χ1v) is 12.7. The van der Waals surface area contributed by atoms with E-state index in [1.54, 1.807) is 0 Å². The topological polar surface area (TPSA) is 18.5 Å². The van der Waals surface area contributed by atoms with Crippen LogP contribution in [0.5, 0.6) is 11.5 Å². The van der Waals surface area contributed by atoms with E-state index in [9.17, 15) is 35.1 Å². The molecule has 4 aromatic rings. The average molecular weight is 578 g/mol. The van der Waals surface area contributed by atoms with E-state index in [1.165, 1.54) is 0 Å². The summed E-state index contributed by atoms with van der Waals surface area (Å²) >= 11 is 0. The Morgan fingerprint density at radius 2 is 0.756 bits per heavy atom. The molecule has 0 aromatic heterocycles. The van der Waals surface area contributed by atoms with Gasteiger partial charge in [0.2, 0.25) is 0 Å². The van der Waals surface area contributed by atoms with Crippen molar-refractivity contribution in [3.63, 3.8) is 0 Å². The van der Waals surface area contributed by atoms with Crippen molar-refractivity contribution in [3.8, 4) is 33.8 Å². The lowest BCUT2D eigenvalue weighted by atomic mass is 10.00. The Kier molecular flexibility index (Phi) is 9.25. The summed E-state index contributed by atoms with van der Waals surface area (Å²) in [6.07, 6.45) is 2.09. The molecule has 0 saturated heterocycles. The molecule has 4 rings (SSSR count). The summed E-state index contributed by atoms with van der Waals surface area (Å²) in [5, 5.41) is 0. The van der Waals surface area contributed by atoms with Crippen LogP contribution in [0.3, 0.4) is 0 Å². The Morgan fingerprint density at radius 3 is 1.02 bits per heavy atom. The maximum Gasteiger partial charge on any atom is 0.576 e. The summed E-state index contributed by atoms with van der Waals surface area (Å²) in [4.78, 5) is 0. The Bertz CT molecular complexity index is 1380.